The number of ether oxygens (including phenoxy) is 2. The third-order valence-electron chi connectivity index (χ3n) is 8.51. The van der Waals surface area contributed by atoms with Crippen LogP contribution in [0.3, 0.4) is 0 Å². The van der Waals surface area contributed by atoms with E-state index in [2.05, 4.69) is 45.9 Å². The molecule has 3 aromatic carbocycles. The molecule has 0 spiro atoms. The van der Waals surface area contributed by atoms with Gasteiger partial charge in [0.2, 0.25) is 6.79 Å². The number of benzene rings is 3. The lowest BCUT2D eigenvalue weighted by Crippen LogP contribution is -2.51. The lowest BCUT2D eigenvalue weighted by Gasteiger charge is -2.44. The molecule has 2 amide bonds. The number of carbonyl (C=O) groups excluding carboxylic acids is 1. The topological polar surface area (TPSA) is 62.8 Å². The van der Waals surface area contributed by atoms with Crippen LogP contribution in [0.1, 0.15) is 44.1 Å². The molecule has 0 unspecified atom stereocenters. The van der Waals surface area contributed by atoms with Crippen LogP contribution in [0, 0.1) is 0 Å². The maximum atomic E-state index is 12.9. The molecule has 1 aliphatic carbocycles. The molecule has 1 saturated carbocycles. The van der Waals surface area contributed by atoms with Gasteiger partial charge < -0.3 is 25.0 Å². The number of urea groups is 1. The van der Waals surface area contributed by atoms with E-state index in [1.54, 1.807) is 18.2 Å². The molecule has 3 aromatic rings. The number of halogens is 2. The Balaban J connectivity index is 1.20. The number of nitrogens with one attached hydrogen (secondary N) is 2. The van der Waals surface area contributed by atoms with Gasteiger partial charge >= 0.3 is 6.03 Å². The Bertz CT molecular complexity index is 1310. The molecule has 0 aromatic heterocycles. The van der Waals surface area contributed by atoms with Crippen molar-refractivity contribution in [2.45, 2.75) is 50.0 Å². The predicted octanol–water partition coefficient (Wildman–Crippen LogP) is 7.49. The number of anilines is 1. The van der Waals surface area contributed by atoms with Crippen LogP contribution in [0.2, 0.25) is 10.0 Å². The van der Waals surface area contributed by atoms with Gasteiger partial charge in [0.05, 0.1) is 0 Å². The van der Waals surface area contributed by atoms with Crippen molar-refractivity contribution in [3.63, 3.8) is 0 Å². The molecule has 2 aliphatic heterocycles. The van der Waals surface area contributed by atoms with Gasteiger partial charge in [-0.2, -0.15) is 0 Å². The Hall–Kier alpha value is -2.93. The van der Waals surface area contributed by atoms with E-state index in [4.69, 9.17) is 32.7 Å². The molecule has 3 aliphatic rings. The summed E-state index contributed by atoms with van der Waals surface area (Å²) in [4.78, 5) is 15.6. The van der Waals surface area contributed by atoms with Crippen LogP contribution in [0.25, 0.3) is 11.1 Å². The number of carbonyl (C=O) groups is 1. The summed E-state index contributed by atoms with van der Waals surface area (Å²) in [5, 5.41) is 7.00. The first kappa shape index (κ1) is 26.3. The Labute approximate surface area is 239 Å². The summed E-state index contributed by atoms with van der Waals surface area (Å²) in [5.74, 6) is 1.57. The quantitative estimate of drug-likeness (QED) is 0.325. The van der Waals surface area contributed by atoms with Crippen molar-refractivity contribution in [2.75, 3.05) is 31.7 Å². The number of amides is 2. The summed E-state index contributed by atoms with van der Waals surface area (Å²) < 4.78 is 11.0. The van der Waals surface area contributed by atoms with Crippen LogP contribution in [0.4, 0.5) is 10.5 Å². The van der Waals surface area contributed by atoms with Gasteiger partial charge in [0.25, 0.3) is 0 Å². The third kappa shape index (κ3) is 5.84. The van der Waals surface area contributed by atoms with Crippen LogP contribution in [0.15, 0.2) is 60.7 Å². The molecule has 0 radical (unpaired) electrons. The zero-order chi connectivity index (χ0) is 26.8. The predicted molar refractivity (Wildman–Crippen MR) is 156 cm³/mol. The SMILES string of the molecule is O=C(NCC1(c2ccc(-c3ccc4c(c3)OCO4)cc2)CCN(C2CCCC2)CC1)Nc1cc(Cl)cc(Cl)c1. The van der Waals surface area contributed by atoms with E-state index >= 15 is 0 Å². The number of rotatable bonds is 6. The van der Waals surface area contributed by atoms with Crippen molar-refractivity contribution in [1.29, 1.82) is 0 Å². The van der Waals surface area contributed by atoms with Crippen molar-refractivity contribution in [3.05, 3.63) is 76.3 Å². The van der Waals surface area contributed by atoms with E-state index in [1.165, 1.54) is 31.2 Å². The number of hydrogen-bond acceptors (Lipinski definition) is 4. The molecular formula is C31H33Cl2N3O3. The average molecular weight is 567 g/mol. The van der Waals surface area contributed by atoms with Crippen molar-refractivity contribution in [2.24, 2.45) is 0 Å². The molecule has 39 heavy (non-hydrogen) atoms. The van der Waals surface area contributed by atoms with Crippen molar-refractivity contribution in [1.82, 2.24) is 10.2 Å². The third-order valence-corrected chi connectivity index (χ3v) is 8.94. The Morgan fingerprint density at radius 3 is 2.26 bits per heavy atom. The summed E-state index contributed by atoms with van der Waals surface area (Å²) in [5.41, 5.74) is 3.89. The first-order valence-electron chi connectivity index (χ1n) is 13.7. The minimum Gasteiger partial charge on any atom is -0.454 e. The number of piperidine rings is 1. The first-order valence-corrected chi connectivity index (χ1v) is 14.5. The summed E-state index contributed by atoms with van der Waals surface area (Å²) in [6, 6.07) is 20.3. The summed E-state index contributed by atoms with van der Waals surface area (Å²) in [7, 11) is 0. The zero-order valence-electron chi connectivity index (χ0n) is 21.8. The Morgan fingerprint density at radius 2 is 1.54 bits per heavy atom. The van der Waals surface area contributed by atoms with Crippen molar-refractivity contribution >= 4 is 34.9 Å². The van der Waals surface area contributed by atoms with Gasteiger partial charge in [-0.15, -0.1) is 0 Å². The van der Waals surface area contributed by atoms with Gasteiger partial charge in [0.1, 0.15) is 0 Å². The van der Waals surface area contributed by atoms with E-state index in [-0.39, 0.29) is 18.2 Å². The number of nitrogens with zero attached hydrogens (tertiary/aromatic N) is 1. The van der Waals surface area contributed by atoms with Crippen LogP contribution in [-0.4, -0.2) is 43.4 Å². The largest absolute Gasteiger partial charge is 0.454 e. The minimum atomic E-state index is -0.261. The van der Waals surface area contributed by atoms with Gasteiger partial charge in [0, 0.05) is 33.7 Å². The maximum Gasteiger partial charge on any atom is 0.319 e. The fraction of sp³-hybridized carbons (Fsp3) is 0.387. The van der Waals surface area contributed by atoms with Gasteiger partial charge in [-0.05, 0) is 85.8 Å². The van der Waals surface area contributed by atoms with Crippen molar-refractivity contribution in [3.8, 4) is 22.6 Å². The average Bonchev–Trinajstić information content (AvgIpc) is 3.64. The fourth-order valence-electron chi connectivity index (χ4n) is 6.30. The second kappa shape index (κ2) is 11.3. The van der Waals surface area contributed by atoms with E-state index in [0.29, 0.717) is 28.3 Å². The molecule has 6 rings (SSSR count). The first-order chi connectivity index (χ1) is 19.0. The molecule has 2 heterocycles. The lowest BCUT2D eigenvalue weighted by molar-refractivity contribution is 0.115. The maximum absolute atomic E-state index is 12.9. The highest BCUT2D eigenvalue weighted by molar-refractivity contribution is 6.35. The van der Waals surface area contributed by atoms with E-state index in [0.717, 1.165) is 48.6 Å². The molecule has 0 atom stereocenters. The summed E-state index contributed by atoms with van der Waals surface area (Å²) in [6.07, 6.45) is 7.28. The van der Waals surface area contributed by atoms with E-state index in [1.807, 2.05) is 12.1 Å². The van der Waals surface area contributed by atoms with Crippen LogP contribution in [-0.2, 0) is 5.41 Å². The molecular weight excluding hydrogens is 533 g/mol. The monoisotopic (exact) mass is 565 g/mol. The Kier molecular flexibility index (Phi) is 7.61. The smallest absolute Gasteiger partial charge is 0.319 e. The highest BCUT2D eigenvalue weighted by Crippen LogP contribution is 2.40. The van der Waals surface area contributed by atoms with Crippen LogP contribution >= 0.6 is 23.2 Å². The van der Waals surface area contributed by atoms with Gasteiger partial charge in [-0.3, -0.25) is 0 Å². The molecule has 6 nitrogen and oxygen atoms in total. The minimum absolute atomic E-state index is 0.147. The summed E-state index contributed by atoms with van der Waals surface area (Å²) >= 11 is 12.2. The molecule has 204 valence electrons. The van der Waals surface area contributed by atoms with Crippen molar-refractivity contribution < 1.29 is 14.3 Å². The second-order valence-corrected chi connectivity index (χ2v) is 11.7. The van der Waals surface area contributed by atoms with E-state index in [9.17, 15) is 4.79 Å². The highest BCUT2D eigenvalue weighted by Gasteiger charge is 2.38. The zero-order valence-corrected chi connectivity index (χ0v) is 23.4. The Morgan fingerprint density at radius 1 is 0.872 bits per heavy atom. The highest BCUT2D eigenvalue weighted by atomic mass is 35.5. The molecule has 1 saturated heterocycles. The normalized spacial score (nSPS) is 18.7. The molecule has 2 N–H and O–H groups in total. The lowest BCUT2D eigenvalue weighted by atomic mass is 9.72. The van der Waals surface area contributed by atoms with Gasteiger partial charge in [0.15, 0.2) is 11.5 Å². The number of likely N-dealkylation sites (tertiary alicyclic amines) is 1. The van der Waals surface area contributed by atoms with Gasteiger partial charge in [-0.1, -0.05) is 66.4 Å². The second-order valence-electron chi connectivity index (χ2n) is 10.9. The van der Waals surface area contributed by atoms with Gasteiger partial charge in [-0.25, -0.2) is 4.79 Å². The van der Waals surface area contributed by atoms with E-state index < -0.39 is 0 Å². The summed E-state index contributed by atoms with van der Waals surface area (Å²) in [6.45, 7) is 2.90. The molecule has 2 fully saturated rings. The fourth-order valence-corrected chi connectivity index (χ4v) is 6.82. The number of hydrogen-bond donors (Lipinski definition) is 2. The number of fused-ring (bicyclic) bond motifs is 1. The standard InChI is InChI=1S/C31H33Cl2N3O3/c32-24-16-25(33)18-26(17-24)35-30(37)34-19-31(11-13-36(14-12-31)27-3-1-2-4-27)23-8-5-21(6-9-23)22-7-10-28-29(15-22)39-20-38-28/h5-10,15-18,27H,1-4,11-14,19-20H2,(H2,34,35,37). The molecule has 0 bridgehead atoms. The van der Waals surface area contributed by atoms with Crippen LogP contribution < -0.4 is 20.1 Å². The van der Waals surface area contributed by atoms with Crippen LogP contribution in [0.5, 0.6) is 11.5 Å². The molecule has 8 heteroatoms.